The van der Waals surface area contributed by atoms with Crippen molar-refractivity contribution in [3.8, 4) is 5.75 Å². The van der Waals surface area contributed by atoms with Gasteiger partial charge in [-0.15, -0.1) is 0 Å². The largest absolute Gasteiger partial charge is 0.489 e. The number of carboxylic acids is 1. The molecule has 0 aliphatic carbocycles. The topological polar surface area (TPSA) is 128 Å². The Morgan fingerprint density at radius 2 is 1.83 bits per heavy atom. The Kier molecular flexibility index (Phi) is 7.35. The molecule has 2 aromatic carbocycles. The fourth-order valence-electron chi connectivity index (χ4n) is 2.60. The zero-order valence-electron chi connectivity index (χ0n) is 17.0. The summed E-state index contributed by atoms with van der Waals surface area (Å²) in [4.78, 5) is 34.3. The maximum absolute atomic E-state index is 12.0. The Morgan fingerprint density at radius 3 is 2.40 bits per heavy atom. The molecule has 2 aromatic rings. The van der Waals surface area contributed by atoms with Gasteiger partial charge in [0.25, 0.3) is 5.69 Å². The van der Waals surface area contributed by atoms with E-state index in [1.54, 1.807) is 20.8 Å². The summed E-state index contributed by atoms with van der Waals surface area (Å²) in [5.74, 6) is -0.994. The minimum absolute atomic E-state index is 0.119. The van der Waals surface area contributed by atoms with Crippen molar-refractivity contribution >= 4 is 17.7 Å². The van der Waals surface area contributed by atoms with Crippen LogP contribution < -0.4 is 10.1 Å². The van der Waals surface area contributed by atoms with E-state index in [0.29, 0.717) is 5.75 Å². The molecular formula is C21H24N2O7. The molecule has 0 saturated heterocycles. The minimum Gasteiger partial charge on any atom is -0.489 e. The highest BCUT2D eigenvalue weighted by Crippen LogP contribution is 2.26. The van der Waals surface area contributed by atoms with Crippen LogP contribution in [0.1, 0.15) is 31.9 Å². The Bertz CT molecular complexity index is 907. The molecule has 160 valence electrons. The summed E-state index contributed by atoms with van der Waals surface area (Å²) in [6, 6.07) is 12.0. The molecule has 1 amide bonds. The molecule has 9 nitrogen and oxygen atoms in total. The van der Waals surface area contributed by atoms with Gasteiger partial charge in [-0.05, 0) is 38.5 Å². The Balaban J connectivity index is 2.19. The molecule has 0 aliphatic rings. The number of alkyl carbamates (subject to hydrolysis) is 1. The van der Waals surface area contributed by atoms with Gasteiger partial charge in [0, 0.05) is 18.1 Å². The van der Waals surface area contributed by atoms with Crippen LogP contribution in [0, 0.1) is 10.1 Å². The van der Waals surface area contributed by atoms with Crippen LogP contribution in [0.2, 0.25) is 0 Å². The SMILES string of the molecule is CC(C)(C)OC(=O)NC(Cc1cc(OCc2ccccc2)ccc1[N+](=O)[O-])C(=O)O. The van der Waals surface area contributed by atoms with E-state index in [4.69, 9.17) is 9.47 Å². The fraction of sp³-hybridized carbons (Fsp3) is 0.333. The summed E-state index contributed by atoms with van der Waals surface area (Å²) < 4.78 is 10.7. The Labute approximate surface area is 173 Å². The van der Waals surface area contributed by atoms with E-state index in [9.17, 15) is 24.8 Å². The molecule has 1 atom stereocenters. The summed E-state index contributed by atoms with van der Waals surface area (Å²) in [5.41, 5.74) is -0.0506. The van der Waals surface area contributed by atoms with Crippen LogP contribution >= 0.6 is 0 Å². The van der Waals surface area contributed by atoms with Crippen LogP contribution in [0.5, 0.6) is 5.75 Å². The third-order valence-corrected chi connectivity index (χ3v) is 3.91. The molecule has 9 heteroatoms. The van der Waals surface area contributed by atoms with Crippen LogP contribution in [0.3, 0.4) is 0 Å². The van der Waals surface area contributed by atoms with Crippen molar-refractivity contribution in [2.24, 2.45) is 0 Å². The van der Waals surface area contributed by atoms with E-state index in [-0.39, 0.29) is 24.3 Å². The molecule has 0 aromatic heterocycles. The number of nitrogens with one attached hydrogen (secondary N) is 1. The normalized spacial score (nSPS) is 12.0. The van der Waals surface area contributed by atoms with Gasteiger partial charge in [0.05, 0.1) is 4.92 Å². The lowest BCUT2D eigenvalue weighted by atomic mass is 10.0. The lowest BCUT2D eigenvalue weighted by Gasteiger charge is -2.22. The van der Waals surface area contributed by atoms with Crippen molar-refractivity contribution < 1.29 is 29.1 Å². The molecule has 0 heterocycles. The maximum Gasteiger partial charge on any atom is 0.408 e. The molecule has 30 heavy (non-hydrogen) atoms. The van der Waals surface area contributed by atoms with Crippen LogP contribution in [0.4, 0.5) is 10.5 Å². The maximum atomic E-state index is 12.0. The molecule has 0 spiro atoms. The first-order chi connectivity index (χ1) is 14.0. The number of nitrogens with zero attached hydrogens (tertiary/aromatic N) is 1. The number of amides is 1. The standard InChI is InChI=1S/C21H24N2O7/c1-21(2,3)30-20(26)22-17(19(24)25)12-15-11-16(9-10-18(15)23(27)28)29-13-14-7-5-4-6-8-14/h4-11,17H,12-13H2,1-3H3,(H,22,26)(H,24,25). The molecule has 0 saturated carbocycles. The van der Waals surface area contributed by atoms with Gasteiger partial charge >= 0.3 is 12.1 Å². The number of nitro groups is 1. The quantitative estimate of drug-likeness (QED) is 0.496. The van der Waals surface area contributed by atoms with Gasteiger partial charge in [-0.2, -0.15) is 0 Å². The highest BCUT2D eigenvalue weighted by atomic mass is 16.6. The average Bonchev–Trinajstić information content (AvgIpc) is 2.65. The number of ether oxygens (including phenoxy) is 2. The van der Waals surface area contributed by atoms with Gasteiger partial charge in [0.15, 0.2) is 0 Å². The monoisotopic (exact) mass is 416 g/mol. The Hall–Kier alpha value is -3.62. The van der Waals surface area contributed by atoms with Crippen molar-refractivity contribution in [1.29, 1.82) is 0 Å². The summed E-state index contributed by atoms with van der Waals surface area (Å²) in [5, 5.41) is 23.1. The first-order valence-electron chi connectivity index (χ1n) is 9.21. The number of carboxylic acid groups (broad SMARTS) is 1. The van der Waals surface area contributed by atoms with Crippen molar-refractivity contribution in [2.75, 3.05) is 0 Å². The number of hydrogen-bond donors (Lipinski definition) is 2. The van der Waals surface area contributed by atoms with Crippen molar-refractivity contribution in [1.82, 2.24) is 5.32 Å². The van der Waals surface area contributed by atoms with Gasteiger partial charge in [-0.25, -0.2) is 9.59 Å². The van der Waals surface area contributed by atoms with Gasteiger partial charge in [0.1, 0.15) is 24.0 Å². The molecule has 0 aliphatic heterocycles. The number of benzene rings is 2. The summed E-state index contributed by atoms with van der Waals surface area (Å²) >= 11 is 0. The summed E-state index contributed by atoms with van der Waals surface area (Å²) in [6.07, 6.45) is -1.23. The second-order valence-electron chi connectivity index (χ2n) is 7.56. The van der Waals surface area contributed by atoms with E-state index in [0.717, 1.165) is 5.56 Å². The molecule has 2 N–H and O–H groups in total. The van der Waals surface area contributed by atoms with Gasteiger partial charge in [0.2, 0.25) is 0 Å². The second kappa shape index (κ2) is 9.73. The highest BCUT2D eigenvalue weighted by Gasteiger charge is 2.27. The lowest BCUT2D eigenvalue weighted by Crippen LogP contribution is -2.44. The molecule has 2 rings (SSSR count). The van der Waals surface area contributed by atoms with E-state index < -0.39 is 28.6 Å². The highest BCUT2D eigenvalue weighted by molar-refractivity contribution is 5.80. The van der Waals surface area contributed by atoms with Crippen LogP contribution in [-0.2, 0) is 22.6 Å². The minimum atomic E-state index is -1.41. The number of carbonyl (C=O) groups excluding carboxylic acids is 1. The predicted octanol–water partition coefficient (Wildman–Crippen LogP) is 3.69. The number of aliphatic carboxylic acids is 1. The third kappa shape index (κ3) is 7.08. The fourth-order valence-corrected chi connectivity index (χ4v) is 2.60. The van der Waals surface area contributed by atoms with E-state index in [1.165, 1.54) is 18.2 Å². The predicted molar refractivity (Wildman–Crippen MR) is 108 cm³/mol. The average molecular weight is 416 g/mol. The number of nitro benzene ring substituents is 1. The third-order valence-electron chi connectivity index (χ3n) is 3.91. The summed E-state index contributed by atoms with van der Waals surface area (Å²) in [7, 11) is 0. The zero-order valence-corrected chi connectivity index (χ0v) is 17.0. The van der Waals surface area contributed by atoms with Gasteiger partial charge in [-0.1, -0.05) is 30.3 Å². The van der Waals surface area contributed by atoms with Gasteiger partial charge < -0.3 is 19.9 Å². The van der Waals surface area contributed by atoms with Crippen LogP contribution in [0.25, 0.3) is 0 Å². The molecule has 1 unspecified atom stereocenters. The summed E-state index contributed by atoms with van der Waals surface area (Å²) in [6.45, 7) is 5.17. The van der Waals surface area contributed by atoms with Crippen molar-refractivity contribution in [2.45, 2.75) is 45.4 Å². The van der Waals surface area contributed by atoms with E-state index >= 15 is 0 Å². The van der Waals surface area contributed by atoms with Crippen molar-refractivity contribution in [3.05, 3.63) is 69.8 Å². The van der Waals surface area contributed by atoms with Crippen molar-refractivity contribution in [3.63, 3.8) is 0 Å². The first-order valence-corrected chi connectivity index (χ1v) is 9.21. The number of carbonyl (C=O) groups is 2. The molecule has 0 bridgehead atoms. The van der Waals surface area contributed by atoms with E-state index in [2.05, 4.69) is 5.32 Å². The number of hydrogen-bond acceptors (Lipinski definition) is 6. The molecular weight excluding hydrogens is 392 g/mol. The Morgan fingerprint density at radius 1 is 1.17 bits per heavy atom. The molecule has 0 fully saturated rings. The number of rotatable bonds is 8. The smallest absolute Gasteiger partial charge is 0.408 e. The molecule has 0 radical (unpaired) electrons. The van der Waals surface area contributed by atoms with Gasteiger partial charge in [-0.3, -0.25) is 10.1 Å². The van der Waals surface area contributed by atoms with E-state index in [1.807, 2.05) is 30.3 Å². The lowest BCUT2D eigenvalue weighted by molar-refractivity contribution is -0.385. The van der Waals surface area contributed by atoms with Crippen LogP contribution in [0.15, 0.2) is 48.5 Å². The zero-order chi connectivity index (χ0) is 22.3. The second-order valence-corrected chi connectivity index (χ2v) is 7.56. The first kappa shape index (κ1) is 22.7. The van der Waals surface area contributed by atoms with Crippen LogP contribution in [-0.4, -0.2) is 33.7 Å².